The first-order chi connectivity index (χ1) is 18.0. The average Bonchev–Trinajstić information content (AvgIpc) is 2.84. The molecule has 0 aliphatic carbocycles. The van der Waals surface area contributed by atoms with Gasteiger partial charge in [-0.2, -0.15) is 0 Å². The molecule has 0 spiro atoms. The highest BCUT2D eigenvalue weighted by Gasteiger charge is 2.43. The molecule has 3 saturated heterocycles. The highest BCUT2D eigenvalue weighted by atomic mass is 19.1. The molecule has 3 aliphatic heterocycles. The summed E-state index contributed by atoms with van der Waals surface area (Å²) in [6, 6.07) is -1.16. The van der Waals surface area contributed by atoms with Crippen LogP contribution in [0.25, 0.3) is 0 Å². The number of alkyl halides is 3. The van der Waals surface area contributed by atoms with Gasteiger partial charge in [0.15, 0.2) is 0 Å². The van der Waals surface area contributed by atoms with E-state index in [1.807, 2.05) is 18.7 Å². The van der Waals surface area contributed by atoms with Gasteiger partial charge in [0.2, 0.25) is 11.8 Å². The Hall–Kier alpha value is -2.02. The van der Waals surface area contributed by atoms with Crippen molar-refractivity contribution < 1.29 is 22.8 Å². The largest absolute Gasteiger partial charge is 0.350 e. The molecule has 0 aromatic rings. The van der Waals surface area contributed by atoms with Gasteiger partial charge in [0.05, 0.1) is 43.6 Å². The van der Waals surface area contributed by atoms with Crippen LogP contribution in [-0.4, -0.2) is 110 Å². The van der Waals surface area contributed by atoms with Gasteiger partial charge in [-0.05, 0) is 52.3 Å². The quantitative estimate of drug-likeness (QED) is 0.237. The van der Waals surface area contributed by atoms with E-state index in [0.717, 1.165) is 5.57 Å². The van der Waals surface area contributed by atoms with Gasteiger partial charge in [-0.1, -0.05) is 12.5 Å². The number of nitrogens with two attached hydrogens (primary N) is 2. The molecule has 3 fully saturated rings. The molecule has 0 aromatic carbocycles. The Morgan fingerprint density at radius 3 is 2.37 bits per heavy atom. The smallest absolute Gasteiger partial charge is 0.232 e. The molecular formula is C26H44F3N7O2. The fourth-order valence-corrected chi connectivity index (χ4v) is 5.44. The van der Waals surface area contributed by atoms with E-state index in [-0.39, 0.29) is 38.0 Å². The van der Waals surface area contributed by atoms with Crippen LogP contribution in [0.5, 0.6) is 0 Å². The summed E-state index contributed by atoms with van der Waals surface area (Å²) in [5.41, 5.74) is 13.2. The van der Waals surface area contributed by atoms with E-state index in [9.17, 15) is 18.4 Å². The fourth-order valence-electron chi connectivity index (χ4n) is 5.44. The Labute approximate surface area is 223 Å². The second kappa shape index (κ2) is 13.9. The van der Waals surface area contributed by atoms with E-state index >= 15 is 4.39 Å². The van der Waals surface area contributed by atoms with Gasteiger partial charge in [0, 0.05) is 19.0 Å². The Morgan fingerprint density at radius 1 is 1.16 bits per heavy atom. The number of amides is 2. The van der Waals surface area contributed by atoms with Crippen molar-refractivity contribution in [1.82, 2.24) is 20.4 Å². The number of rotatable bonds is 10. The van der Waals surface area contributed by atoms with Crippen LogP contribution in [0.3, 0.4) is 0 Å². The van der Waals surface area contributed by atoms with Crippen molar-refractivity contribution in [2.24, 2.45) is 28.3 Å². The van der Waals surface area contributed by atoms with Gasteiger partial charge in [-0.25, -0.2) is 13.2 Å². The number of likely N-dealkylation sites (tertiary alicyclic amines) is 2. The van der Waals surface area contributed by atoms with Crippen molar-refractivity contribution in [3.05, 3.63) is 11.6 Å². The van der Waals surface area contributed by atoms with Gasteiger partial charge in [-0.15, -0.1) is 0 Å². The topological polar surface area (TPSA) is 129 Å². The molecule has 9 nitrogen and oxygen atoms in total. The second-order valence-corrected chi connectivity index (χ2v) is 11.0. The first-order valence-corrected chi connectivity index (χ1v) is 13.7. The Kier molecular flexibility index (Phi) is 11.1. The molecule has 3 aliphatic rings. The van der Waals surface area contributed by atoms with Crippen molar-refractivity contribution in [3.8, 4) is 0 Å². The molecule has 2 amide bonds. The van der Waals surface area contributed by atoms with Crippen LogP contribution in [-0.2, 0) is 9.59 Å². The third-order valence-corrected chi connectivity index (χ3v) is 7.60. The number of halogens is 3. The monoisotopic (exact) mass is 543 g/mol. The molecule has 5 atom stereocenters. The Morgan fingerprint density at radius 2 is 1.82 bits per heavy atom. The lowest BCUT2D eigenvalue weighted by Crippen LogP contribution is -2.67. The zero-order valence-corrected chi connectivity index (χ0v) is 22.7. The summed E-state index contributed by atoms with van der Waals surface area (Å²) < 4.78 is 42.4. The molecule has 216 valence electrons. The molecule has 38 heavy (non-hydrogen) atoms. The number of allylic oxidation sites excluding steroid dienone is 2. The zero-order valence-electron chi connectivity index (χ0n) is 22.7. The fraction of sp³-hybridized carbons (Fsp3) is 0.808. The number of piperidine rings is 2. The molecule has 6 N–H and O–H groups in total. The van der Waals surface area contributed by atoms with Crippen LogP contribution in [0, 0.1) is 11.8 Å². The van der Waals surface area contributed by atoms with Gasteiger partial charge in [-0.3, -0.25) is 19.5 Å². The highest BCUT2D eigenvalue weighted by molar-refractivity contribution is 6.10. The predicted molar refractivity (Wildman–Crippen MR) is 142 cm³/mol. The number of nitrogens with one attached hydrogen (secondary N) is 2. The standard InChI is InChI=1S/C26H44F3N7O2/c1-4-17(27)10-33-20(9-15(2)3)22(24(30)31)25(37)34-21-12-32-11-19(29)23(21)35-7-5-16(6-8-35)26(38)36-13-18(28)14-36/h9,16-19,21-24,32H,4-8,10-14,30-31H2,1-3H3,(H,34,37). The summed E-state index contributed by atoms with van der Waals surface area (Å²) in [5, 5.41) is 5.98. The van der Waals surface area contributed by atoms with Crippen molar-refractivity contribution in [2.45, 2.75) is 76.8 Å². The molecule has 3 heterocycles. The molecule has 0 radical (unpaired) electrons. The first kappa shape index (κ1) is 30.5. The van der Waals surface area contributed by atoms with E-state index in [0.29, 0.717) is 44.6 Å². The summed E-state index contributed by atoms with van der Waals surface area (Å²) in [6.45, 7) is 7.09. The Balaban J connectivity index is 1.70. The molecular weight excluding hydrogens is 499 g/mol. The minimum Gasteiger partial charge on any atom is -0.350 e. The number of nitrogens with zero attached hydrogens (tertiary/aromatic N) is 3. The summed E-state index contributed by atoms with van der Waals surface area (Å²) in [4.78, 5) is 34.0. The van der Waals surface area contributed by atoms with Gasteiger partial charge in [0.25, 0.3) is 0 Å². The SMILES string of the molecule is CCC(F)CN=C(C=C(C)C)C(C(=O)NC1CNCC(F)C1N1CCC(C(=O)N2CC(F)C2)CC1)C(N)N. The molecule has 5 unspecified atom stereocenters. The van der Waals surface area contributed by atoms with Crippen LogP contribution in [0.15, 0.2) is 16.6 Å². The second-order valence-electron chi connectivity index (χ2n) is 11.0. The van der Waals surface area contributed by atoms with E-state index in [2.05, 4.69) is 15.6 Å². The van der Waals surface area contributed by atoms with Crippen LogP contribution < -0.4 is 22.1 Å². The van der Waals surface area contributed by atoms with Crippen LogP contribution >= 0.6 is 0 Å². The zero-order chi connectivity index (χ0) is 28.0. The van der Waals surface area contributed by atoms with Crippen LogP contribution in [0.2, 0.25) is 0 Å². The van der Waals surface area contributed by atoms with Crippen molar-refractivity contribution in [3.63, 3.8) is 0 Å². The third kappa shape index (κ3) is 7.77. The number of carbonyl (C=O) groups excluding carboxylic acids is 2. The van der Waals surface area contributed by atoms with Crippen LogP contribution in [0.1, 0.15) is 40.0 Å². The van der Waals surface area contributed by atoms with E-state index < -0.39 is 48.6 Å². The summed E-state index contributed by atoms with van der Waals surface area (Å²) in [6.07, 6.45) is -1.34. The predicted octanol–water partition coefficient (Wildman–Crippen LogP) is 0.688. The van der Waals surface area contributed by atoms with Crippen molar-refractivity contribution in [1.29, 1.82) is 0 Å². The lowest BCUT2D eigenvalue weighted by molar-refractivity contribution is -0.144. The van der Waals surface area contributed by atoms with Crippen molar-refractivity contribution >= 4 is 17.5 Å². The number of carbonyl (C=O) groups is 2. The molecule has 0 saturated carbocycles. The van der Waals surface area contributed by atoms with Gasteiger partial charge < -0.3 is 27.0 Å². The lowest BCUT2D eigenvalue weighted by Gasteiger charge is -2.46. The maximum Gasteiger partial charge on any atom is 0.232 e. The van der Waals surface area contributed by atoms with Gasteiger partial charge >= 0.3 is 0 Å². The van der Waals surface area contributed by atoms with Crippen LogP contribution in [0.4, 0.5) is 13.2 Å². The maximum absolute atomic E-state index is 15.3. The summed E-state index contributed by atoms with van der Waals surface area (Å²) in [7, 11) is 0. The first-order valence-electron chi connectivity index (χ1n) is 13.7. The normalized spacial score (nSPS) is 27.6. The molecule has 0 aromatic heterocycles. The van der Waals surface area contributed by atoms with Crippen molar-refractivity contribution in [2.75, 3.05) is 45.8 Å². The maximum atomic E-state index is 15.3. The number of aliphatic imine (C=N–C) groups is 1. The highest BCUT2D eigenvalue weighted by Crippen LogP contribution is 2.27. The molecule has 0 bridgehead atoms. The number of hydrogen-bond acceptors (Lipinski definition) is 7. The molecule has 12 heteroatoms. The summed E-state index contributed by atoms with van der Waals surface area (Å²) >= 11 is 0. The molecule has 3 rings (SSSR count). The number of hydrogen-bond donors (Lipinski definition) is 4. The third-order valence-electron chi connectivity index (χ3n) is 7.60. The van der Waals surface area contributed by atoms with E-state index in [1.54, 1.807) is 17.9 Å². The minimum atomic E-state index is -1.24. The van der Waals surface area contributed by atoms with E-state index in [1.165, 1.54) is 0 Å². The van der Waals surface area contributed by atoms with E-state index in [4.69, 9.17) is 11.5 Å². The minimum absolute atomic E-state index is 0.0324. The average molecular weight is 544 g/mol. The Bertz CT molecular complexity index is 869. The lowest BCUT2D eigenvalue weighted by atomic mass is 9.89. The van der Waals surface area contributed by atoms with Gasteiger partial charge in [0.1, 0.15) is 24.4 Å². The summed E-state index contributed by atoms with van der Waals surface area (Å²) in [5.74, 6) is -1.75.